The zero-order chi connectivity index (χ0) is 10.0. The maximum atomic E-state index is 11.4. The maximum absolute atomic E-state index is 11.4. The third-order valence-electron chi connectivity index (χ3n) is 2.74. The molecule has 0 spiro atoms. The van der Waals surface area contributed by atoms with Gasteiger partial charge in [0.2, 0.25) is 5.91 Å². The van der Waals surface area contributed by atoms with Crippen LogP contribution in [0.4, 0.5) is 0 Å². The molecular weight excluding hydrogens is 164 g/mol. The molecule has 0 bridgehead atoms. The molecule has 1 saturated heterocycles. The Labute approximate surface area is 80.0 Å². The Kier molecular flexibility index (Phi) is 3.09. The molecule has 13 heavy (non-hydrogen) atoms. The van der Waals surface area contributed by atoms with Gasteiger partial charge in [-0.2, -0.15) is 0 Å². The summed E-state index contributed by atoms with van der Waals surface area (Å²) in [5.41, 5.74) is 0. The van der Waals surface area contributed by atoms with Gasteiger partial charge in [0.05, 0.1) is 0 Å². The quantitative estimate of drug-likeness (QED) is 0.588. The van der Waals surface area contributed by atoms with Crippen LogP contribution in [0.2, 0.25) is 0 Å². The van der Waals surface area contributed by atoms with Crippen molar-refractivity contribution in [1.29, 1.82) is 0 Å². The van der Waals surface area contributed by atoms with Crippen LogP contribution >= 0.6 is 0 Å². The molecule has 3 heteroatoms. The number of hydrogen-bond donors (Lipinski definition) is 0. The normalized spacial score (nSPS) is 28.2. The standard InChI is InChI=1S/C10H18N2O/c1-5-10(13)12-7-9(11(3)4)6-8(12)2/h5,8-9H,1,6-7H2,2-4H3/t8-,9-/m0/s1. The Hall–Kier alpha value is -0.830. The fraction of sp³-hybridized carbons (Fsp3) is 0.700. The smallest absolute Gasteiger partial charge is 0.246 e. The molecule has 3 nitrogen and oxygen atoms in total. The van der Waals surface area contributed by atoms with E-state index >= 15 is 0 Å². The summed E-state index contributed by atoms with van der Waals surface area (Å²) < 4.78 is 0. The van der Waals surface area contributed by atoms with E-state index in [0.717, 1.165) is 13.0 Å². The highest BCUT2D eigenvalue weighted by atomic mass is 16.2. The summed E-state index contributed by atoms with van der Waals surface area (Å²) in [5, 5.41) is 0. The molecule has 1 aliphatic rings. The van der Waals surface area contributed by atoms with Crippen molar-refractivity contribution < 1.29 is 4.79 Å². The lowest BCUT2D eigenvalue weighted by Gasteiger charge is -2.20. The van der Waals surface area contributed by atoms with Gasteiger partial charge >= 0.3 is 0 Å². The van der Waals surface area contributed by atoms with Crippen molar-refractivity contribution in [1.82, 2.24) is 9.80 Å². The highest BCUT2D eigenvalue weighted by Crippen LogP contribution is 2.20. The average molecular weight is 182 g/mol. The number of amides is 1. The summed E-state index contributed by atoms with van der Waals surface area (Å²) in [6, 6.07) is 0.844. The highest BCUT2D eigenvalue weighted by Gasteiger charge is 2.31. The molecule has 74 valence electrons. The largest absolute Gasteiger partial charge is 0.335 e. The monoisotopic (exact) mass is 182 g/mol. The van der Waals surface area contributed by atoms with Gasteiger partial charge in [0, 0.05) is 18.6 Å². The van der Waals surface area contributed by atoms with E-state index in [1.165, 1.54) is 6.08 Å². The molecule has 0 N–H and O–H groups in total. The van der Waals surface area contributed by atoms with Crippen LogP contribution in [0.5, 0.6) is 0 Å². The number of likely N-dealkylation sites (tertiary alicyclic amines) is 1. The van der Waals surface area contributed by atoms with E-state index < -0.39 is 0 Å². The van der Waals surface area contributed by atoms with Crippen molar-refractivity contribution in [2.45, 2.75) is 25.4 Å². The number of carbonyl (C=O) groups is 1. The first-order valence-electron chi connectivity index (χ1n) is 4.65. The number of likely N-dealkylation sites (N-methyl/N-ethyl adjacent to an activating group) is 1. The lowest BCUT2D eigenvalue weighted by atomic mass is 10.2. The molecule has 1 heterocycles. The first kappa shape index (κ1) is 10.3. The minimum absolute atomic E-state index is 0.0526. The fourth-order valence-corrected chi connectivity index (χ4v) is 1.80. The van der Waals surface area contributed by atoms with Crippen molar-refractivity contribution >= 4 is 5.91 Å². The van der Waals surface area contributed by atoms with E-state index in [2.05, 4.69) is 32.5 Å². The first-order valence-corrected chi connectivity index (χ1v) is 4.65. The molecule has 2 atom stereocenters. The SMILES string of the molecule is C=CC(=O)N1C[C@@H](N(C)C)C[C@@H]1C. The Morgan fingerprint density at radius 2 is 2.23 bits per heavy atom. The van der Waals surface area contributed by atoms with Gasteiger partial charge in [-0.25, -0.2) is 0 Å². The molecular formula is C10H18N2O. The van der Waals surface area contributed by atoms with E-state index in [9.17, 15) is 4.79 Å². The van der Waals surface area contributed by atoms with Crippen LogP contribution < -0.4 is 0 Å². The molecule has 0 saturated carbocycles. The van der Waals surface area contributed by atoms with Crippen molar-refractivity contribution in [3.8, 4) is 0 Å². The molecule has 1 rings (SSSR count). The van der Waals surface area contributed by atoms with Gasteiger partial charge in [-0.1, -0.05) is 6.58 Å². The second kappa shape index (κ2) is 3.92. The van der Waals surface area contributed by atoms with Gasteiger partial charge in [0.25, 0.3) is 0 Å². The second-order valence-corrected chi connectivity index (χ2v) is 3.90. The Bertz CT molecular complexity index is 213. The van der Waals surface area contributed by atoms with Crippen LogP contribution in [0.3, 0.4) is 0 Å². The summed E-state index contributed by atoms with van der Waals surface area (Å²) in [5.74, 6) is 0.0526. The van der Waals surface area contributed by atoms with E-state index in [-0.39, 0.29) is 5.91 Å². The molecule has 0 unspecified atom stereocenters. The maximum Gasteiger partial charge on any atom is 0.246 e. The molecule has 0 radical (unpaired) electrons. The highest BCUT2D eigenvalue weighted by molar-refractivity contribution is 5.87. The zero-order valence-corrected chi connectivity index (χ0v) is 8.66. The zero-order valence-electron chi connectivity index (χ0n) is 8.66. The summed E-state index contributed by atoms with van der Waals surface area (Å²) in [4.78, 5) is 15.4. The lowest BCUT2D eigenvalue weighted by molar-refractivity contribution is -0.126. The van der Waals surface area contributed by atoms with Crippen LogP contribution in [0, 0.1) is 0 Å². The molecule has 1 fully saturated rings. The van der Waals surface area contributed by atoms with Crippen molar-refractivity contribution in [2.24, 2.45) is 0 Å². The van der Waals surface area contributed by atoms with E-state index in [4.69, 9.17) is 0 Å². The van der Waals surface area contributed by atoms with Gasteiger partial charge in [-0.05, 0) is 33.5 Å². The lowest BCUT2D eigenvalue weighted by Crippen LogP contribution is -2.35. The molecule has 0 aliphatic carbocycles. The summed E-state index contributed by atoms with van der Waals surface area (Å²) in [6.07, 6.45) is 2.46. The minimum atomic E-state index is 0.0526. The van der Waals surface area contributed by atoms with Crippen molar-refractivity contribution in [2.75, 3.05) is 20.6 Å². The second-order valence-electron chi connectivity index (χ2n) is 3.90. The Morgan fingerprint density at radius 3 is 2.62 bits per heavy atom. The topological polar surface area (TPSA) is 23.6 Å². The molecule has 0 aromatic rings. The number of nitrogens with zero attached hydrogens (tertiary/aromatic N) is 2. The summed E-state index contributed by atoms with van der Waals surface area (Å²) >= 11 is 0. The van der Waals surface area contributed by atoms with E-state index in [0.29, 0.717) is 12.1 Å². The number of hydrogen-bond acceptors (Lipinski definition) is 2. The Balaban J connectivity index is 2.61. The van der Waals surface area contributed by atoms with Gasteiger partial charge < -0.3 is 9.80 Å². The van der Waals surface area contributed by atoms with Crippen LogP contribution in [0.25, 0.3) is 0 Å². The van der Waals surface area contributed by atoms with Crippen molar-refractivity contribution in [3.63, 3.8) is 0 Å². The fourth-order valence-electron chi connectivity index (χ4n) is 1.80. The minimum Gasteiger partial charge on any atom is -0.335 e. The third kappa shape index (κ3) is 2.10. The predicted octanol–water partition coefficient (Wildman–Crippen LogP) is 0.723. The number of carbonyl (C=O) groups excluding carboxylic acids is 1. The van der Waals surface area contributed by atoms with Crippen LogP contribution in [-0.4, -0.2) is 48.4 Å². The van der Waals surface area contributed by atoms with Crippen molar-refractivity contribution in [3.05, 3.63) is 12.7 Å². The van der Waals surface area contributed by atoms with Gasteiger partial charge in [0.15, 0.2) is 0 Å². The van der Waals surface area contributed by atoms with Crippen LogP contribution in [-0.2, 0) is 4.79 Å². The van der Waals surface area contributed by atoms with E-state index in [1.54, 1.807) is 0 Å². The van der Waals surface area contributed by atoms with Gasteiger partial charge in [-0.3, -0.25) is 4.79 Å². The molecule has 1 aliphatic heterocycles. The molecule has 1 amide bonds. The van der Waals surface area contributed by atoms with E-state index in [1.807, 2.05) is 4.90 Å². The van der Waals surface area contributed by atoms with Crippen LogP contribution in [0.15, 0.2) is 12.7 Å². The molecule has 0 aromatic heterocycles. The molecule has 0 aromatic carbocycles. The first-order chi connectivity index (χ1) is 6.06. The summed E-state index contributed by atoms with van der Waals surface area (Å²) in [7, 11) is 4.11. The van der Waals surface area contributed by atoms with Gasteiger partial charge in [0.1, 0.15) is 0 Å². The van der Waals surface area contributed by atoms with Gasteiger partial charge in [-0.15, -0.1) is 0 Å². The number of rotatable bonds is 2. The average Bonchev–Trinajstić information content (AvgIpc) is 2.46. The predicted molar refractivity (Wildman–Crippen MR) is 53.5 cm³/mol. The van der Waals surface area contributed by atoms with Crippen LogP contribution in [0.1, 0.15) is 13.3 Å². The Morgan fingerprint density at radius 1 is 1.62 bits per heavy atom. The third-order valence-corrected chi connectivity index (χ3v) is 2.74. The summed E-state index contributed by atoms with van der Waals surface area (Å²) in [6.45, 7) is 6.43.